The molecule has 0 unspecified atom stereocenters. The third-order valence-electron chi connectivity index (χ3n) is 6.65. The van der Waals surface area contributed by atoms with Crippen LogP contribution in [0.2, 0.25) is 0 Å². The first-order valence-corrected chi connectivity index (χ1v) is 14.0. The van der Waals surface area contributed by atoms with E-state index in [1.807, 2.05) is 6.92 Å². The zero-order valence-corrected chi connectivity index (χ0v) is 22.6. The van der Waals surface area contributed by atoms with Gasteiger partial charge in [0.15, 0.2) is 11.3 Å². The van der Waals surface area contributed by atoms with Gasteiger partial charge in [0.2, 0.25) is 10.0 Å². The summed E-state index contributed by atoms with van der Waals surface area (Å²) < 4.78 is 46.1. The molecule has 12 heteroatoms. The van der Waals surface area contributed by atoms with Crippen LogP contribution < -0.4 is 10.3 Å². The topological polar surface area (TPSA) is 128 Å². The first-order valence-electron chi connectivity index (χ1n) is 12.6. The minimum atomic E-state index is -3.90. The predicted molar refractivity (Wildman–Crippen MR) is 145 cm³/mol. The van der Waals surface area contributed by atoms with Crippen LogP contribution in [-0.2, 0) is 19.5 Å². The third-order valence-corrected chi connectivity index (χ3v) is 8.55. The summed E-state index contributed by atoms with van der Waals surface area (Å²) in [5.74, 6) is 1.64. The standard InChI is InChI=1S/C25H35N5O6S.CH4/c1-5-36-21-11-10-19(37(32,33)29(12-14-34-3)13-15-35-4)16-20(21)23-27-25(31)22-17(2)26-24(30(22)28-23)18-8-6-7-9-18;/h10-11,16,18H,5-9,12-15H2,1-4H3,(H,27,28,31);1H4. The molecule has 210 valence electrons. The van der Waals surface area contributed by atoms with Gasteiger partial charge in [0, 0.05) is 33.2 Å². The number of hydrogen-bond acceptors (Lipinski definition) is 8. The van der Waals surface area contributed by atoms with Gasteiger partial charge < -0.3 is 19.2 Å². The molecule has 1 fully saturated rings. The maximum absolute atomic E-state index is 13.6. The van der Waals surface area contributed by atoms with E-state index < -0.39 is 10.0 Å². The minimum absolute atomic E-state index is 0. The highest BCUT2D eigenvalue weighted by Gasteiger charge is 2.28. The molecule has 1 aliphatic rings. The molecule has 0 bridgehead atoms. The smallest absolute Gasteiger partial charge is 0.277 e. The molecule has 0 radical (unpaired) electrons. The van der Waals surface area contributed by atoms with Gasteiger partial charge in [-0.2, -0.15) is 4.31 Å². The molecule has 3 aromatic rings. The van der Waals surface area contributed by atoms with Crippen LogP contribution in [-0.4, -0.2) is 79.4 Å². The van der Waals surface area contributed by atoms with Crippen molar-refractivity contribution >= 4 is 15.5 Å². The van der Waals surface area contributed by atoms with Crippen LogP contribution in [0, 0.1) is 6.92 Å². The Kier molecular flexibility index (Phi) is 10.0. The number of aromatic amines is 1. The van der Waals surface area contributed by atoms with Crippen LogP contribution in [0.5, 0.6) is 5.75 Å². The van der Waals surface area contributed by atoms with E-state index in [0.717, 1.165) is 31.5 Å². The quantitative estimate of drug-likeness (QED) is 0.364. The SMILES string of the molecule is C.CCOc1ccc(S(=O)(=O)N(CCOC)CCOC)cc1-c1nn2c(C3CCCC3)nc(C)c2c(=O)[nH]1. The number of aryl methyl sites for hydroxylation is 1. The molecule has 1 N–H and O–H groups in total. The largest absolute Gasteiger partial charge is 0.493 e. The summed E-state index contributed by atoms with van der Waals surface area (Å²) in [5, 5.41) is 4.75. The van der Waals surface area contributed by atoms with Crippen molar-refractivity contribution in [2.75, 3.05) is 47.1 Å². The summed E-state index contributed by atoms with van der Waals surface area (Å²) in [6, 6.07) is 4.59. The molecule has 1 saturated carbocycles. The fourth-order valence-corrected chi connectivity index (χ4v) is 6.22. The van der Waals surface area contributed by atoms with E-state index in [4.69, 9.17) is 19.3 Å². The number of nitrogens with one attached hydrogen (secondary N) is 1. The molecule has 2 heterocycles. The number of H-pyrrole nitrogens is 1. The molecule has 2 aromatic heterocycles. The lowest BCUT2D eigenvalue weighted by atomic mass is 10.1. The summed E-state index contributed by atoms with van der Waals surface area (Å²) >= 11 is 0. The number of benzene rings is 1. The molecule has 4 rings (SSSR count). The molecule has 0 spiro atoms. The Morgan fingerprint density at radius 2 is 1.79 bits per heavy atom. The van der Waals surface area contributed by atoms with Crippen LogP contribution in [0.3, 0.4) is 0 Å². The molecule has 1 aliphatic carbocycles. The summed E-state index contributed by atoms with van der Waals surface area (Å²) in [7, 11) is -0.859. The average Bonchev–Trinajstić information content (AvgIpc) is 3.52. The Bertz CT molecular complexity index is 1390. The van der Waals surface area contributed by atoms with E-state index in [1.54, 1.807) is 17.5 Å². The van der Waals surface area contributed by atoms with Crippen LogP contribution in [0.15, 0.2) is 27.9 Å². The van der Waals surface area contributed by atoms with Gasteiger partial charge in [-0.1, -0.05) is 20.3 Å². The van der Waals surface area contributed by atoms with Crippen molar-refractivity contribution in [2.24, 2.45) is 0 Å². The summed E-state index contributed by atoms with van der Waals surface area (Å²) in [4.78, 5) is 20.7. The summed E-state index contributed by atoms with van der Waals surface area (Å²) in [6.45, 7) is 4.82. The highest BCUT2D eigenvalue weighted by molar-refractivity contribution is 7.89. The monoisotopic (exact) mass is 549 g/mol. The summed E-state index contributed by atoms with van der Waals surface area (Å²) in [6.07, 6.45) is 4.23. The lowest BCUT2D eigenvalue weighted by molar-refractivity contribution is 0.150. The van der Waals surface area contributed by atoms with Crippen LogP contribution in [0.25, 0.3) is 16.9 Å². The maximum Gasteiger partial charge on any atom is 0.277 e. The van der Waals surface area contributed by atoms with Gasteiger partial charge in [-0.05, 0) is 44.9 Å². The van der Waals surface area contributed by atoms with Crippen molar-refractivity contribution in [1.82, 2.24) is 23.9 Å². The molecular formula is C26H39N5O6S. The number of aromatic nitrogens is 4. The molecule has 0 saturated heterocycles. The van der Waals surface area contributed by atoms with Crippen LogP contribution >= 0.6 is 0 Å². The highest BCUT2D eigenvalue weighted by atomic mass is 32.2. The predicted octanol–water partition coefficient (Wildman–Crippen LogP) is 3.37. The van der Waals surface area contributed by atoms with Crippen molar-refractivity contribution in [3.63, 3.8) is 0 Å². The van der Waals surface area contributed by atoms with Crippen LogP contribution in [0.4, 0.5) is 0 Å². The van der Waals surface area contributed by atoms with E-state index in [0.29, 0.717) is 29.1 Å². The van der Waals surface area contributed by atoms with Gasteiger partial charge in [0.25, 0.3) is 5.56 Å². The first-order chi connectivity index (χ1) is 17.8. The van der Waals surface area contributed by atoms with Gasteiger partial charge in [0.05, 0.1) is 36.0 Å². The number of hydrogen-bond donors (Lipinski definition) is 1. The Balaban J connectivity index is 0.00000400. The molecular weight excluding hydrogens is 510 g/mol. The third kappa shape index (κ3) is 5.93. The van der Waals surface area contributed by atoms with E-state index in [1.165, 1.54) is 30.7 Å². The molecule has 1 aromatic carbocycles. The van der Waals surface area contributed by atoms with E-state index in [-0.39, 0.29) is 55.9 Å². The Morgan fingerprint density at radius 3 is 2.39 bits per heavy atom. The van der Waals surface area contributed by atoms with E-state index in [9.17, 15) is 13.2 Å². The number of imidazole rings is 1. The number of fused-ring (bicyclic) bond motifs is 1. The number of nitrogens with zero attached hydrogens (tertiary/aromatic N) is 4. The number of rotatable bonds is 12. The zero-order valence-electron chi connectivity index (χ0n) is 21.8. The normalized spacial score (nSPS) is 14.3. The van der Waals surface area contributed by atoms with Gasteiger partial charge in [-0.15, -0.1) is 5.10 Å². The highest BCUT2D eigenvalue weighted by Crippen LogP contribution is 2.35. The van der Waals surface area contributed by atoms with E-state index >= 15 is 0 Å². The van der Waals surface area contributed by atoms with Crippen LogP contribution in [0.1, 0.15) is 57.5 Å². The maximum atomic E-state index is 13.6. The minimum Gasteiger partial charge on any atom is -0.493 e. The van der Waals surface area contributed by atoms with Gasteiger partial charge in [-0.25, -0.2) is 17.9 Å². The van der Waals surface area contributed by atoms with Crippen molar-refractivity contribution in [3.05, 3.63) is 40.1 Å². The molecule has 0 amide bonds. The lowest BCUT2D eigenvalue weighted by Gasteiger charge is -2.22. The lowest BCUT2D eigenvalue weighted by Crippen LogP contribution is -2.36. The van der Waals surface area contributed by atoms with Gasteiger partial charge in [0.1, 0.15) is 11.6 Å². The molecule has 11 nitrogen and oxygen atoms in total. The van der Waals surface area contributed by atoms with Crippen molar-refractivity contribution < 1.29 is 22.6 Å². The Hall–Kier alpha value is -2.80. The second-order valence-electron chi connectivity index (χ2n) is 9.08. The Labute approximate surface area is 224 Å². The molecule has 0 atom stereocenters. The summed E-state index contributed by atoms with van der Waals surface area (Å²) in [5.41, 5.74) is 1.06. The number of sulfonamides is 1. The van der Waals surface area contributed by atoms with Crippen molar-refractivity contribution in [3.8, 4) is 17.1 Å². The van der Waals surface area contributed by atoms with Crippen molar-refractivity contribution in [2.45, 2.75) is 57.8 Å². The molecule has 38 heavy (non-hydrogen) atoms. The second kappa shape index (κ2) is 12.8. The zero-order chi connectivity index (χ0) is 26.6. The second-order valence-corrected chi connectivity index (χ2v) is 11.0. The van der Waals surface area contributed by atoms with E-state index in [2.05, 4.69) is 9.97 Å². The molecule has 0 aliphatic heterocycles. The van der Waals surface area contributed by atoms with Gasteiger partial charge >= 0.3 is 0 Å². The Morgan fingerprint density at radius 1 is 1.13 bits per heavy atom. The fraction of sp³-hybridized carbons (Fsp3) is 0.577. The average molecular weight is 550 g/mol. The fourth-order valence-electron chi connectivity index (χ4n) is 4.79. The van der Waals surface area contributed by atoms with Gasteiger partial charge in [-0.3, -0.25) is 4.79 Å². The van der Waals surface area contributed by atoms with Crippen molar-refractivity contribution in [1.29, 1.82) is 0 Å². The number of ether oxygens (including phenoxy) is 3. The first kappa shape index (κ1) is 29.8. The number of methoxy groups -OCH3 is 2.